The Bertz CT molecular complexity index is 117. The molecule has 4 heteroatoms. The number of nitrogens with zero attached hydrogens (tertiary/aromatic N) is 1. The third-order valence-electron chi connectivity index (χ3n) is 0.308. The van der Waals surface area contributed by atoms with E-state index in [1.807, 2.05) is 0 Å². The Labute approximate surface area is 61.7 Å². The van der Waals surface area contributed by atoms with Gasteiger partial charge in [0.25, 0.3) is 3.90 Å². The van der Waals surface area contributed by atoms with Crippen LogP contribution in [0, 0.1) is 5.41 Å². The van der Waals surface area contributed by atoms with Crippen LogP contribution in [0.1, 0.15) is 13.8 Å². The molecule has 3 nitrogen and oxygen atoms in total. The predicted molar refractivity (Wildman–Crippen MR) is 41.6 cm³/mol. The second-order valence-electron chi connectivity index (χ2n) is 1.40. The van der Waals surface area contributed by atoms with Crippen LogP contribution in [0.3, 0.4) is 0 Å². The molecule has 0 bridgehead atoms. The summed E-state index contributed by atoms with van der Waals surface area (Å²) in [6.45, 7) is 3.61. The number of rotatable bonds is 1. The largest absolute Gasteiger partial charge is 0.331 e. The maximum atomic E-state index is 6.74. The van der Waals surface area contributed by atoms with E-state index in [9.17, 15) is 0 Å². The molecule has 0 radical (unpaired) electrons. The minimum absolute atomic E-state index is 0.0869. The molecule has 0 heterocycles. The lowest BCUT2D eigenvalue weighted by atomic mass is 10.5. The number of hydrogen-bond acceptors (Lipinski definition) is 3. The maximum Gasteiger partial charge on any atom is 0.278 e. The molecule has 0 atom stereocenters. The van der Waals surface area contributed by atoms with Crippen LogP contribution in [0.25, 0.3) is 0 Å². The van der Waals surface area contributed by atoms with Crippen LogP contribution in [0.4, 0.5) is 0 Å². The van der Waals surface area contributed by atoms with Crippen molar-refractivity contribution >= 4 is 32.2 Å². The molecule has 0 aromatic carbocycles. The summed E-state index contributed by atoms with van der Waals surface area (Å²) in [5.41, 5.74) is 0.811. The molecule has 0 saturated carbocycles. The Balaban J connectivity index is 3.45. The van der Waals surface area contributed by atoms with Crippen LogP contribution in [0.15, 0.2) is 5.16 Å². The van der Waals surface area contributed by atoms with E-state index in [0.717, 1.165) is 5.71 Å². The third kappa shape index (κ3) is 5.87. The SMILES string of the molecule is CC(C)=NOC(=N)I. The Morgan fingerprint density at radius 1 is 1.62 bits per heavy atom. The normalized spacial score (nSPS) is 7.88. The van der Waals surface area contributed by atoms with Crippen molar-refractivity contribution in [1.82, 2.24) is 0 Å². The third-order valence-corrected chi connectivity index (χ3v) is 0.505. The van der Waals surface area contributed by atoms with Gasteiger partial charge < -0.3 is 4.84 Å². The zero-order valence-electron chi connectivity index (χ0n) is 4.73. The van der Waals surface area contributed by atoms with Crippen molar-refractivity contribution in [1.29, 1.82) is 5.41 Å². The summed E-state index contributed by atoms with van der Waals surface area (Å²) in [6, 6.07) is 0. The lowest BCUT2D eigenvalue weighted by Gasteiger charge is -1.89. The average Bonchev–Trinajstić information content (AvgIpc) is 1.61. The zero-order valence-corrected chi connectivity index (χ0v) is 6.89. The van der Waals surface area contributed by atoms with Gasteiger partial charge in [0.05, 0.1) is 5.71 Å². The fourth-order valence-electron chi connectivity index (χ4n) is 0.131. The molecule has 0 unspecified atom stereocenters. The Morgan fingerprint density at radius 3 is 2.25 bits per heavy atom. The molecule has 0 rings (SSSR count). The second kappa shape index (κ2) is 3.82. The van der Waals surface area contributed by atoms with E-state index in [1.54, 1.807) is 36.4 Å². The molecule has 0 aliphatic rings. The van der Waals surface area contributed by atoms with Gasteiger partial charge in [-0.2, -0.15) is 0 Å². The van der Waals surface area contributed by atoms with Gasteiger partial charge in [-0.1, -0.05) is 5.16 Å². The number of nitrogens with one attached hydrogen (secondary N) is 1. The van der Waals surface area contributed by atoms with E-state index >= 15 is 0 Å². The van der Waals surface area contributed by atoms with Crippen LogP contribution in [0.2, 0.25) is 0 Å². The average molecular weight is 226 g/mol. The van der Waals surface area contributed by atoms with Gasteiger partial charge in [0, 0.05) is 22.6 Å². The fourth-order valence-corrected chi connectivity index (χ4v) is 0.230. The van der Waals surface area contributed by atoms with Crippen LogP contribution in [-0.2, 0) is 4.84 Å². The van der Waals surface area contributed by atoms with E-state index in [2.05, 4.69) is 9.99 Å². The lowest BCUT2D eigenvalue weighted by Crippen LogP contribution is -1.88. The Morgan fingerprint density at radius 2 is 2.12 bits per heavy atom. The smallest absolute Gasteiger partial charge is 0.278 e. The molecule has 0 aromatic rings. The van der Waals surface area contributed by atoms with Crippen molar-refractivity contribution in [2.45, 2.75) is 13.8 Å². The Kier molecular flexibility index (Phi) is 3.76. The lowest BCUT2D eigenvalue weighted by molar-refractivity contribution is 0.339. The van der Waals surface area contributed by atoms with E-state index in [4.69, 9.17) is 5.41 Å². The zero-order chi connectivity index (χ0) is 6.57. The van der Waals surface area contributed by atoms with Gasteiger partial charge in [0.1, 0.15) is 0 Å². The molecule has 0 spiro atoms. The highest BCUT2D eigenvalue weighted by molar-refractivity contribution is 14.1. The van der Waals surface area contributed by atoms with E-state index in [-0.39, 0.29) is 3.90 Å². The first-order valence-corrected chi connectivity index (χ1v) is 3.13. The molecule has 8 heavy (non-hydrogen) atoms. The van der Waals surface area contributed by atoms with Crippen LogP contribution in [-0.4, -0.2) is 9.62 Å². The van der Waals surface area contributed by atoms with Crippen LogP contribution in [0.5, 0.6) is 0 Å². The molecule has 0 saturated heterocycles. The fraction of sp³-hybridized carbons (Fsp3) is 0.500. The van der Waals surface area contributed by atoms with Gasteiger partial charge in [-0.3, -0.25) is 5.41 Å². The summed E-state index contributed by atoms with van der Waals surface area (Å²) in [7, 11) is 0. The topological polar surface area (TPSA) is 45.4 Å². The highest BCUT2D eigenvalue weighted by Crippen LogP contribution is 1.89. The summed E-state index contributed by atoms with van der Waals surface area (Å²) in [5, 5.41) is 10.3. The number of oxime groups is 1. The molecule has 0 aliphatic heterocycles. The molecule has 1 N–H and O–H groups in total. The standard InChI is InChI=1S/C4H7IN2O/c1-3(2)7-8-4(5)6/h6H,1-2H3. The van der Waals surface area contributed by atoms with Gasteiger partial charge in [0.2, 0.25) is 0 Å². The van der Waals surface area contributed by atoms with Crippen molar-refractivity contribution in [2.24, 2.45) is 5.16 Å². The quantitative estimate of drug-likeness (QED) is 0.315. The van der Waals surface area contributed by atoms with Gasteiger partial charge in [-0.15, -0.1) is 0 Å². The summed E-state index contributed by atoms with van der Waals surface area (Å²) in [5.74, 6) is 0. The maximum absolute atomic E-state index is 6.74. The molecular formula is C4H7IN2O. The molecule has 0 aliphatic carbocycles. The number of halogens is 1. The van der Waals surface area contributed by atoms with Crippen molar-refractivity contribution in [2.75, 3.05) is 0 Å². The first-order valence-electron chi connectivity index (χ1n) is 2.05. The molecule has 46 valence electrons. The molecule has 0 aromatic heterocycles. The molecular weight excluding hydrogens is 219 g/mol. The van der Waals surface area contributed by atoms with Crippen molar-refractivity contribution in [3.05, 3.63) is 0 Å². The van der Waals surface area contributed by atoms with Crippen molar-refractivity contribution < 1.29 is 4.84 Å². The minimum atomic E-state index is 0.0869. The van der Waals surface area contributed by atoms with Crippen LogP contribution < -0.4 is 0 Å². The molecule has 0 amide bonds. The summed E-state index contributed by atoms with van der Waals surface area (Å²) in [6.07, 6.45) is 0. The Hall–Kier alpha value is -0.130. The van der Waals surface area contributed by atoms with E-state index < -0.39 is 0 Å². The number of hydrogen-bond donors (Lipinski definition) is 1. The monoisotopic (exact) mass is 226 g/mol. The second-order valence-corrected chi connectivity index (χ2v) is 2.38. The van der Waals surface area contributed by atoms with E-state index in [0.29, 0.717) is 0 Å². The van der Waals surface area contributed by atoms with Gasteiger partial charge in [-0.25, -0.2) is 0 Å². The minimum Gasteiger partial charge on any atom is -0.331 e. The first-order chi connectivity index (χ1) is 3.63. The van der Waals surface area contributed by atoms with Gasteiger partial charge in [-0.05, 0) is 13.8 Å². The predicted octanol–water partition coefficient (Wildman–Crippen LogP) is 1.77. The highest BCUT2D eigenvalue weighted by Gasteiger charge is 1.83. The molecule has 0 fully saturated rings. The first kappa shape index (κ1) is 7.87. The van der Waals surface area contributed by atoms with Crippen molar-refractivity contribution in [3.8, 4) is 0 Å². The highest BCUT2D eigenvalue weighted by atomic mass is 127. The van der Waals surface area contributed by atoms with Crippen molar-refractivity contribution in [3.63, 3.8) is 0 Å². The summed E-state index contributed by atoms with van der Waals surface area (Å²) >= 11 is 1.73. The van der Waals surface area contributed by atoms with E-state index in [1.165, 1.54) is 0 Å². The van der Waals surface area contributed by atoms with Gasteiger partial charge in [0.15, 0.2) is 0 Å². The van der Waals surface area contributed by atoms with Gasteiger partial charge >= 0.3 is 0 Å². The summed E-state index contributed by atoms with van der Waals surface area (Å²) in [4.78, 5) is 4.46. The van der Waals surface area contributed by atoms with Crippen LogP contribution >= 0.6 is 22.6 Å². The summed E-state index contributed by atoms with van der Waals surface area (Å²) < 4.78 is 0.0869.